The lowest BCUT2D eigenvalue weighted by atomic mass is 10.0. The summed E-state index contributed by atoms with van der Waals surface area (Å²) < 4.78 is 4.83. The molecule has 1 rings (SSSR count). The molecule has 16 heavy (non-hydrogen) atoms. The molecule has 0 bridgehead atoms. The predicted octanol–water partition coefficient (Wildman–Crippen LogP) is 2.63. The van der Waals surface area contributed by atoms with Crippen molar-refractivity contribution in [2.24, 2.45) is 0 Å². The number of carbonyl (C=O) groups excluding carboxylic acids is 1. The SMILES string of the molecule is CCOC(=O)Cc1c(C#N)ccc(C)c1Cl. The fourth-order valence-corrected chi connectivity index (χ4v) is 1.60. The van der Waals surface area contributed by atoms with E-state index in [-0.39, 0.29) is 12.4 Å². The van der Waals surface area contributed by atoms with E-state index in [9.17, 15) is 4.79 Å². The predicted molar refractivity (Wildman–Crippen MR) is 61.2 cm³/mol. The molecule has 0 spiro atoms. The minimum Gasteiger partial charge on any atom is -0.466 e. The molecule has 0 saturated heterocycles. The number of halogens is 1. The molecule has 4 heteroatoms. The third-order valence-electron chi connectivity index (χ3n) is 2.18. The molecule has 0 saturated carbocycles. The molecule has 0 N–H and O–H groups in total. The van der Waals surface area contributed by atoms with Crippen molar-refractivity contribution in [2.45, 2.75) is 20.3 Å². The number of carbonyl (C=O) groups is 1. The molecule has 0 aromatic heterocycles. The Labute approximate surface area is 99.6 Å². The van der Waals surface area contributed by atoms with Crippen LogP contribution >= 0.6 is 11.6 Å². The first-order valence-electron chi connectivity index (χ1n) is 4.93. The summed E-state index contributed by atoms with van der Waals surface area (Å²) in [5.41, 5.74) is 1.81. The summed E-state index contributed by atoms with van der Waals surface area (Å²) in [6.07, 6.45) is 0.0389. The maximum Gasteiger partial charge on any atom is 0.310 e. The Morgan fingerprint density at radius 3 is 2.81 bits per heavy atom. The Balaban J connectivity index is 3.07. The number of hydrogen-bond donors (Lipinski definition) is 0. The van der Waals surface area contributed by atoms with Crippen LogP contribution in [0.2, 0.25) is 5.02 Å². The number of ether oxygens (including phenoxy) is 1. The Kier molecular flexibility index (Phi) is 4.33. The van der Waals surface area contributed by atoms with E-state index in [1.54, 1.807) is 19.1 Å². The van der Waals surface area contributed by atoms with Gasteiger partial charge in [0.05, 0.1) is 24.7 Å². The summed E-state index contributed by atoms with van der Waals surface area (Å²) in [5.74, 6) is -0.369. The lowest BCUT2D eigenvalue weighted by molar-refractivity contribution is -0.142. The number of benzene rings is 1. The zero-order valence-electron chi connectivity index (χ0n) is 9.21. The van der Waals surface area contributed by atoms with E-state index in [0.717, 1.165) is 5.56 Å². The number of rotatable bonds is 3. The molecule has 3 nitrogen and oxygen atoms in total. The van der Waals surface area contributed by atoms with Crippen LogP contribution in [-0.4, -0.2) is 12.6 Å². The molecule has 1 aromatic carbocycles. The Hall–Kier alpha value is -1.53. The van der Waals surface area contributed by atoms with E-state index in [4.69, 9.17) is 21.6 Å². The normalized spacial score (nSPS) is 9.62. The highest BCUT2D eigenvalue weighted by molar-refractivity contribution is 6.32. The smallest absolute Gasteiger partial charge is 0.310 e. The molecule has 84 valence electrons. The largest absolute Gasteiger partial charge is 0.466 e. The van der Waals surface area contributed by atoms with Gasteiger partial charge >= 0.3 is 5.97 Å². The van der Waals surface area contributed by atoms with E-state index in [2.05, 4.69) is 0 Å². The first-order chi connectivity index (χ1) is 7.60. The molecule has 1 aromatic rings. The summed E-state index contributed by atoms with van der Waals surface area (Å²) in [7, 11) is 0. The molecule has 0 aliphatic carbocycles. The molecule has 0 aliphatic rings. The van der Waals surface area contributed by atoms with Gasteiger partial charge in [-0.2, -0.15) is 5.26 Å². The lowest BCUT2D eigenvalue weighted by Gasteiger charge is -2.08. The van der Waals surface area contributed by atoms with Crippen LogP contribution < -0.4 is 0 Å². The van der Waals surface area contributed by atoms with Gasteiger partial charge in [-0.3, -0.25) is 4.79 Å². The highest BCUT2D eigenvalue weighted by atomic mass is 35.5. The summed E-state index contributed by atoms with van der Waals surface area (Å²) >= 11 is 6.06. The molecule has 0 unspecified atom stereocenters. The summed E-state index contributed by atoms with van der Waals surface area (Å²) in [6.45, 7) is 3.89. The number of hydrogen-bond acceptors (Lipinski definition) is 3. The van der Waals surface area contributed by atoms with Gasteiger partial charge in [0.25, 0.3) is 0 Å². The summed E-state index contributed by atoms with van der Waals surface area (Å²) in [6, 6.07) is 5.44. The minimum absolute atomic E-state index is 0.0389. The number of esters is 1. The molecule has 0 radical (unpaired) electrons. The van der Waals surface area contributed by atoms with Gasteiger partial charge in [0, 0.05) is 5.02 Å². The minimum atomic E-state index is -0.369. The van der Waals surface area contributed by atoms with Crippen LogP contribution in [0.1, 0.15) is 23.6 Å². The van der Waals surface area contributed by atoms with Crippen molar-refractivity contribution < 1.29 is 9.53 Å². The van der Waals surface area contributed by atoms with Gasteiger partial charge in [0.1, 0.15) is 0 Å². The second-order valence-electron chi connectivity index (χ2n) is 3.32. The lowest BCUT2D eigenvalue weighted by Crippen LogP contribution is -2.09. The molecule has 0 fully saturated rings. The van der Waals surface area contributed by atoms with E-state index < -0.39 is 0 Å². The van der Waals surface area contributed by atoms with Crippen LogP contribution in [0.3, 0.4) is 0 Å². The monoisotopic (exact) mass is 237 g/mol. The third-order valence-corrected chi connectivity index (χ3v) is 2.71. The maximum absolute atomic E-state index is 11.4. The van der Waals surface area contributed by atoms with Crippen LogP contribution in [0.15, 0.2) is 12.1 Å². The van der Waals surface area contributed by atoms with Gasteiger partial charge in [-0.15, -0.1) is 0 Å². The van der Waals surface area contributed by atoms with Gasteiger partial charge < -0.3 is 4.74 Å². The molecule has 0 aliphatic heterocycles. The average molecular weight is 238 g/mol. The number of aryl methyl sites for hydroxylation is 1. The van der Waals surface area contributed by atoms with Crippen molar-refractivity contribution in [3.63, 3.8) is 0 Å². The van der Waals surface area contributed by atoms with E-state index >= 15 is 0 Å². The second-order valence-corrected chi connectivity index (χ2v) is 3.69. The van der Waals surface area contributed by atoms with Gasteiger partial charge in [-0.1, -0.05) is 17.7 Å². The highest BCUT2D eigenvalue weighted by Crippen LogP contribution is 2.24. The van der Waals surface area contributed by atoms with E-state index in [1.807, 2.05) is 13.0 Å². The highest BCUT2D eigenvalue weighted by Gasteiger charge is 2.14. The molecule has 0 amide bonds. The third kappa shape index (κ3) is 2.74. The van der Waals surface area contributed by atoms with Crippen LogP contribution in [-0.2, 0) is 16.0 Å². The second kappa shape index (κ2) is 5.53. The quantitative estimate of drug-likeness (QED) is 0.760. The fraction of sp³-hybridized carbons (Fsp3) is 0.333. The van der Waals surface area contributed by atoms with Crippen molar-refractivity contribution in [1.82, 2.24) is 0 Å². The zero-order chi connectivity index (χ0) is 12.1. The first kappa shape index (κ1) is 12.5. The van der Waals surface area contributed by atoms with Crippen LogP contribution in [0.25, 0.3) is 0 Å². The standard InChI is InChI=1S/C12H12ClNO2/c1-3-16-11(15)6-10-9(7-14)5-4-8(2)12(10)13/h4-5H,3,6H2,1-2H3. The Morgan fingerprint density at radius 1 is 1.56 bits per heavy atom. The van der Waals surface area contributed by atoms with E-state index in [0.29, 0.717) is 22.8 Å². The Bertz CT molecular complexity index is 449. The van der Waals surface area contributed by atoms with Crippen LogP contribution in [0.4, 0.5) is 0 Å². The number of nitrogens with zero attached hydrogens (tertiary/aromatic N) is 1. The van der Waals surface area contributed by atoms with Crippen LogP contribution in [0.5, 0.6) is 0 Å². The van der Waals surface area contributed by atoms with Gasteiger partial charge in [0.15, 0.2) is 0 Å². The maximum atomic E-state index is 11.4. The van der Waals surface area contributed by atoms with E-state index in [1.165, 1.54) is 0 Å². The van der Waals surface area contributed by atoms with Crippen molar-refractivity contribution in [3.8, 4) is 6.07 Å². The summed E-state index contributed by atoms with van der Waals surface area (Å²) in [5, 5.41) is 9.38. The van der Waals surface area contributed by atoms with Crippen molar-refractivity contribution >= 4 is 17.6 Å². The molecular weight excluding hydrogens is 226 g/mol. The Morgan fingerprint density at radius 2 is 2.25 bits per heavy atom. The van der Waals surface area contributed by atoms with Crippen LogP contribution in [0, 0.1) is 18.3 Å². The van der Waals surface area contributed by atoms with Gasteiger partial charge in [-0.25, -0.2) is 0 Å². The van der Waals surface area contributed by atoms with Crippen molar-refractivity contribution in [2.75, 3.05) is 6.61 Å². The van der Waals surface area contributed by atoms with Gasteiger partial charge in [-0.05, 0) is 31.0 Å². The first-order valence-corrected chi connectivity index (χ1v) is 5.31. The molecule has 0 atom stereocenters. The van der Waals surface area contributed by atoms with Crippen molar-refractivity contribution in [3.05, 3.63) is 33.8 Å². The molecular formula is C12H12ClNO2. The van der Waals surface area contributed by atoms with Gasteiger partial charge in [0.2, 0.25) is 0 Å². The molecule has 0 heterocycles. The summed E-state index contributed by atoms with van der Waals surface area (Å²) in [4.78, 5) is 11.4. The fourth-order valence-electron chi connectivity index (χ4n) is 1.37. The number of nitriles is 1. The average Bonchev–Trinajstić information content (AvgIpc) is 2.25. The zero-order valence-corrected chi connectivity index (χ0v) is 9.97. The topological polar surface area (TPSA) is 50.1 Å². The van der Waals surface area contributed by atoms with Crippen molar-refractivity contribution in [1.29, 1.82) is 5.26 Å².